The van der Waals surface area contributed by atoms with Gasteiger partial charge in [0.05, 0.1) is 6.54 Å². The van der Waals surface area contributed by atoms with Crippen LogP contribution in [0.25, 0.3) is 11.4 Å². The molecule has 0 radical (unpaired) electrons. The number of carbonyl (C=O) groups excluding carboxylic acids is 1. The lowest BCUT2D eigenvalue weighted by Gasteiger charge is -2.30. The van der Waals surface area contributed by atoms with Crippen molar-refractivity contribution in [1.82, 2.24) is 15.0 Å². The summed E-state index contributed by atoms with van der Waals surface area (Å²) >= 11 is 9.51. The Morgan fingerprint density at radius 2 is 2.07 bits per heavy atom. The highest BCUT2D eigenvalue weighted by Crippen LogP contribution is 2.25. The smallest absolute Gasteiger partial charge is 0.241 e. The van der Waals surface area contributed by atoms with Crippen molar-refractivity contribution < 1.29 is 9.32 Å². The van der Waals surface area contributed by atoms with Crippen LogP contribution in [0.5, 0.6) is 0 Å². The lowest BCUT2D eigenvalue weighted by atomic mass is 9.95. The third kappa shape index (κ3) is 5.09. The second-order valence-corrected chi connectivity index (χ2v) is 8.87. The third-order valence-electron chi connectivity index (χ3n) is 5.33. The summed E-state index contributed by atoms with van der Waals surface area (Å²) in [7, 11) is 0. The zero-order valence-corrected chi connectivity index (χ0v) is 18.9. The number of amides is 1. The van der Waals surface area contributed by atoms with Crippen molar-refractivity contribution in [1.29, 1.82) is 0 Å². The molecule has 4 rings (SSSR count). The Kier molecular flexibility index (Phi) is 6.51. The Bertz CT molecular complexity index is 1050. The highest BCUT2D eigenvalue weighted by atomic mass is 79.9. The van der Waals surface area contributed by atoms with Gasteiger partial charge in [0.1, 0.15) is 0 Å². The third-order valence-corrected chi connectivity index (χ3v) is 6.05. The molecule has 1 fully saturated rings. The molecule has 1 saturated heterocycles. The van der Waals surface area contributed by atoms with Gasteiger partial charge in [-0.1, -0.05) is 50.9 Å². The lowest BCUT2D eigenvalue weighted by Crippen LogP contribution is -2.37. The highest BCUT2D eigenvalue weighted by Gasteiger charge is 2.26. The minimum atomic E-state index is -0.0143. The van der Waals surface area contributed by atoms with Gasteiger partial charge in [-0.05, 0) is 62.7 Å². The van der Waals surface area contributed by atoms with Gasteiger partial charge in [-0.2, -0.15) is 4.98 Å². The van der Waals surface area contributed by atoms with Crippen LogP contribution >= 0.6 is 27.5 Å². The molecule has 0 spiro atoms. The Balaban J connectivity index is 1.31. The van der Waals surface area contributed by atoms with Gasteiger partial charge < -0.3 is 9.84 Å². The van der Waals surface area contributed by atoms with Gasteiger partial charge in [-0.3, -0.25) is 9.69 Å². The largest absolute Gasteiger partial charge is 0.338 e. The van der Waals surface area contributed by atoms with Crippen LogP contribution in [0.3, 0.4) is 0 Å². The molecule has 8 heteroatoms. The molecule has 0 atom stereocenters. The standard InChI is InChI=1S/C22H22BrClN4O2/c1-14-5-6-18(24)12-19(14)25-22(29)15-7-9-28(10-8-15)13-20-26-21(27-30-20)16-3-2-4-17(23)11-16/h2-6,11-12,15H,7-10,13H2,1H3,(H,25,29). The first-order valence-electron chi connectivity index (χ1n) is 9.86. The number of benzene rings is 2. The molecular formula is C22H22BrClN4O2. The quantitative estimate of drug-likeness (QED) is 0.526. The van der Waals surface area contributed by atoms with Gasteiger partial charge >= 0.3 is 0 Å². The summed E-state index contributed by atoms with van der Waals surface area (Å²) in [6, 6.07) is 13.3. The number of halogens is 2. The Labute approximate surface area is 188 Å². The molecule has 3 aromatic rings. The van der Waals surface area contributed by atoms with E-state index in [4.69, 9.17) is 16.1 Å². The molecule has 2 heterocycles. The molecule has 156 valence electrons. The van der Waals surface area contributed by atoms with Gasteiger partial charge in [0, 0.05) is 26.7 Å². The zero-order chi connectivity index (χ0) is 21.1. The molecule has 1 aliphatic heterocycles. The minimum Gasteiger partial charge on any atom is -0.338 e. The summed E-state index contributed by atoms with van der Waals surface area (Å²) in [4.78, 5) is 19.4. The number of rotatable bonds is 5. The molecular weight excluding hydrogens is 468 g/mol. The molecule has 1 aliphatic rings. The molecule has 2 aromatic carbocycles. The van der Waals surface area contributed by atoms with Crippen molar-refractivity contribution >= 4 is 39.1 Å². The fourth-order valence-corrected chi connectivity index (χ4v) is 4.14. The summed E-state index contributed by atoms with van der Waals surface area (Å²) in [5, 5.41) is 7.73. The van der Waals surface area contributed by atoms with E-state index in [1.165, 1.54) is 0 Å². The number of nitrogens with one attached hydrogen (secondary N) is 1. The number of nitrogens with zero attached hydrogens (tertiary/aromatic N) is 3. The minimum absolute atomic E-state index is 0.0143. The Morgan fingerprint density at radius 3 is 2.83 bits per heavy atom. The van der Waals surface area contributed by atoms with Crippen molar-refractivity contribution in [2.24, 2.45) is 5.92 Å². The van der Waals surface area contributed by atoms with Gasteiger partial charge in [-0.15, -0.1) is 0 Å². The average Bonchev–Trinajstić information content (AvgIpc) is 3.20. The van der Waals surface area contributed by atoms with Gasteiger partial charge in [0.2, 0.25) is 17.6 Å². The van der Waals surface area contributed by atoms with Crippen LogP contribution in [0.15, 0.2) is 51.5 Å². The van der Waals surface area contributed by atoms with Crippen LogP contribution in [0, 0.1) is 12.8 Å². The number of aryl methyl sites for hydroxylation is 1. The van der Waals surface area contributed by atoms with Crippen molar-refractivity contribution in [2.45, 2.75) is 26.3 Å². The van der Waals surface area contributed by atoms with Gasteiger partial charge in [-0.25, -0.2) is 0 Å². The molecule has 1 aromatic heterocycles. The summed E-state index contributed by atoms with van der Waals surface area (Å²) in [5.74, 6) is 1.20. The van der Waals surface area contributed by atoms with E-state index < -0.39 is 0 Å². The number of piperidine rings is 1. The summed E-state index contributed by atoms with van der Waals surface area (Å²) in [6.45, 7) is 4.16. The summed E-state index contributed by atoms with van der Waals surface area (Å²) in [6.07, 6.45) is 1.58. The van der Waals surface area contributed by atoms with E-state index in [2.05, 4.69) is 36.3 Å². The molecule has 0 saturated carbocycles. The van der Waals surface area contributed by atoms with Crippen LogP contribution in [0.4, 0.5) is 5.69 Å². The van der Waals surface area contributed by atoms with Crippen LogP contribution in [0.2, 0.25) is 5.02 Å². The Morgan fingerprint density at radius 1 is 1.27 bits per heavy atom. The van der Waals surface area contributed by atoms with E-state index >= 15 is 0 Å². The van der Waals surface area contributed by atoms with Crippen LogP contribution in [-0.4, -0.2) is 34.0 Å². The molecule has 0 bridgehead atoms. The highest BCUT2D eigenvalue weighted by molar-refractivity contribution is 9.10. The lowest BCUT2D eigenvalue weighted by molar-refractivity contribution is -0.121. The topological polar surface area (TPSA) is 71.3 Å². The van der Waals surface area contributed by atoms with E-state index in [1.807, 2.05) is 43.3 Å². The molecule has 30 heavy (non-hydrogen) atoms. The van der Waals surface area contributed by atoms with Crippen molar-refractivity contribution in [3.8, 4) is 11.4 Å². The van der Waals surface area contributed by atoms with E-state index in [-0.39, 0.29) is 11.8 Å². The fourth-order valence-electron chi connectivity index (χ4n) is 3.57. The van der Waals surface area contributed by atoms with Crippen molar-refractivity contribution in [3.05, 3.63) is 63.4 Å². The fraction of sp³-hybridized carbons (Fsp3) is 0.318. The normalized spacial score (nSPS) is 15.3. The first-order chi connectivity index (χ1) is 14.5. The molecule has 1 amide bonds. The monoisotopic (exact) mass is 488 g/mol. The van der Waals surface area contributed by atoms with Crippen LogP contribution in [0.1, 0.15) is 24.3 Å². The number of hydrogen-bond donors (Lipinski definition) is 1. The van der Waals surface area contributed by atoms with E-state index in [0.717, 1.165) is 47.2 Å². The van der Waals surface area contributed by atoms with Crippen LogP contribution in [-0.2, 0) is 11.3 Å². The predicted molar refractivity (Wildman–Crippen MR) is 120 cm³/mol. The van der Waals surface area contributed by atoms with E-state index in [9.17, 15) is 4.79 Å². The van der Waals surface area contributed by atoms with Crippen LogP contribution < -0.4 is 5.32 Å². The number of anilines is 1. The zero-order valence-electron chi connectivity index (χ0n) is 16.6. The number of carbonyl (C=O) groups is 1. The van der Waals surface area contributed by atoms with Crippen molar-refractivity contribution in [3.63, 3.8) is 0 Å². The average molecular weight is 490 g/mol. The first kappa shape index (κ1) is 21.0. The maximum Gasteiger partial charge on any atom is 0.241 e. The van der Waals surface area contributed by atoms with Gasteiger partial charge in [0.15, 0.2) is 0 Å². The number of aromatic nitrogens is 2. The number of hydrogen-bond acceptors (Lipinski definition) is 5. The van der Waals surface area contributed by atoms with Crippen molar-refractivity contribution in [2.75, 3.05) is 18.4 Å². The molecule has 0 aliphatic carbocycles. The number of likely N-dealkylation sites (tertiary alicyclic amines) is 1. The second-order valence-electron chi connectivity index (χ2n) is 7.52. The molecule has 6 nitrogen and oxygen atoms in total. The maximum absolute atomic E-state index is 12.7. The van der Waals surface area contributed by atoms with Gasteiger partial charge in [0.25, 0.3) is 0 Å². The molecule has 0 unspecified atom stereocenters. The predicted octanol–water partition coefficient (Wildman–Crippen LogP) is 5.31. The first-order valence-corrected chi connectivity index (χ1v) is 11.0. The summed E-state index contributed by atoms with van der Waals surface area (Å²) < 4.78 is 6.40. The summed E-state index contributed by atoms with van der Waals surface area (Å²) in [5.41, 5.74) is 2.69. The maximum atomic E-state index is 12.7. The second kappa shape index (κ2) is 9.29. The SMILES string of the molecule is Cc1ccc(Cl)cc1NC(=O)C1CCN(Cc2nc(-c3cccc(Br)c3)no2)CC1. The van der Waals surface area contributed by atoms with E-state index in [1.54, 1.807) is 6.07 Å². The van der Waals surface area contributed by atoms with E-state index in [0.29, 0.717) is 23.3 Å². The molecule has 1 N–H and O–H groups in total. The Hall–Kier alpha value is -2.22.